The topological polar surface area (TPSA) is 20.3 Å². The number of hydrogen-bond donors (Lipinski definition) is 0. The fourth-order valence-electron chi connectivity index (χ4n) is 2.70. The Morgan fingerprint density at radius 2 is 1.79 bits per heavy atom. The summed E-state index contributed by atoms with van der Waals surface area (Å²) in [5.41, 5.74) is -0.424. The molecule has 1 amide bonds. The Hall–Kier alpha value is -0.736. The molecule has 0 aliphatic carbocycles. The van der Waals surface area contributed by atoms with Crippen molar-refractivity contribution in [3.8, 4) is 0 Å². The predicted octanol–water partition coefficient (Wildman–Crippen LogP) is 5.41. The van der Waals surface area contributed by atoms with E-state index in [0.717, 1.165) is 12.5 Å². The van der Waals surface area contributed by atoms with Crippen molar-refractivity contribution in [3.63, 3.8) is 0 Å². The van der Waals surface area contributed by atoms with E-state index in [4.69, 9.17) is 0 Å². The van der Waals surface area contributed by atoms with Crippen molar-refractivity contribution in [1.29, 1.82) is 0 Å². The van der Waals surface area contributed by atoms with E-state index >= 15 is 0 Å². The monoisotopic (exact) mass is 373 g/mol. The Labute approximate surface area is 159 Å². The number of carbonyl (C=O) groups excluding carboxylic acids is 1. The van der Waals surface area contributed by atoms with Gasteiger partial charge in [0.15, 0.2) is 0 Å². The molecule has 1 unspecified atom stereocenters. The fourth-order valence-corrected chi connectivity index (χ4v) is 2.70. The zero-order chi connectivity index (χ0) is 17.8. The molecule has 0 bridgehead atoms. The number of rotatable bonds is 7. The summed E-state index contributed by atoms with van der Waals surface area (Å²) in [5, 5.41) is 0. The first kappa shape index (κ1) is 23.3. The Balaban J connectivity index is 0.00000529. The van der Waals surface area contributed by atoms with Crippen LogP contribution in [0.3, 0.4) is 0 Å². The molecule has 0 spiro atoms. The van der Waals surface area contributed by atoms with Gasteiger partial charge in [0.1, 0.15) is 11.6 Å². The number of amides is 1. The van der Waals surface area contributed by atoms with E-state index in [1.165, 1.54) is 17.0 Å². The third kappa shape index (κ3) is 6.29. The van der Waals surface area contributed by atoms with Crippen LogP contribution in [0.1, 0.15) is 54.4 Å². The Morgan fingerprint density at radius 3 is 2.25 bits per heavy atom. The van der Waals surface area contributed by atoms with Gasteiger partial charge in [0.05, 0.1) is 5.69 Å². The fraction of sp³-hybridized carbons (Fsp3) is 0.632. The van der Waals surface area contributed by atoms with Crippen molar-refractivity contribution in [1.82, 2.24) is 0 Å². The van der Waals surface area contributed by atoms with Gasteiger partial charge in [-0.05, 0) is 36.8 Å². The predicted molar refractivity (Wildman–Crippen MR) is 91.4 cm³/mol. The summed E-state index contributed by atoms with van der Waals surface area (Å²) >= 11 is 0. The molecule has 1 atom stereocenters. The minimum atomic E-state index is -0.693. The van der Waals surface area contributed by atoms with Crippen LogP contribution < -0.4 is 4.90 Å². The van der Waals surface area contributed by atoms with Gasteiger partial charge in [0.2, 0.25) is 5.91 Å². The summed E-state index contributed by atoms with van der Waals surface area (Å²) in [4.78, 5) is 14.4. The summed E-state index contributed by atoms with van der Waals surface area (Å²) in [6.07, 6.45) is 1.60. The second-order valence-corrected chi connectivity index (χ2v) is 7.48. The molecule has 0 saturated carbocycles. The molecule has 0 aliphatic rings. The van der Waals surface area contributed by atoms with Gasteiger partial charge in [-0.1, -0.05) is 41.5 Å². The molecule has 2 nitrogen and oxygen atoms in total. The van der Waals surface area contributed by atoms with Crippen LogP contribution in [0.25, 0.3) is 0 Å². The van der Waals surface area contributed by atoms with Crippen LogP contribution in [0.2, 0.25) is 0 Å². The van der Waals surface area contributed by atoms with Gasteiger partial charge < -0.3 is 4.90 Å². The van der Waals surface area contributed by atoms with Gasteiger partial charge >= 0.3 is 0 Å². The van der Waals surface area contributed by atoms with E-state index in [1.807, 2.05) is 20.8 Å². The molecule has 1 rings (SSSR count). The number of carbonyl (C=O) groups is 1. The van der Waals surface area contributed by atoms with Gasteiger partial charge in [-0.3, -0.25) is 4.79 Å². The van der Waals surface area contributed by atoms with Gasteiger partial charge in [-0.2, -0.15) is 0 Å². The van der Waals surface area contributed by atoms with Gasteiger partial charge in [0, 0.05) is 39.7 Å². The molecule has 1 aromatic rings. The van der Waals surface area contributed by atoms with Crippen LogP contribution in [0.4, 0.5) is 14.5 Å². The second kappa shape index (κ2) is 9.67. The van der Waals surface area contributed by atoms with Crippen LogP contribution in [0, 0.1) is 28.9 Å². The van der Waals surface area contributed by atoms with Crippen molar-refractivity contribution in [2.24, 2.45) is 17.3 Å². The zero-order valence-corrected chi connectivity index (χ0v) is 17.2. The van der Waals surface area contributed by atoms with E-state index < -0.39 is 17.0 Å². The van der Waals surface area contributed by atoms with Gasteiger partial charge in [-0.25, -0.2) is 8.78 Å². The minimum Gasteiger partial charge on any atom is -0.309 e. The van der Waals surface area contributed by atoms with Crippen LogP contribution in [0.5, 0.6) is 0 Å². The van der Waals surface area contributed by atoms with E-state index in [2.05, 4.69) is 20.8 Å². The number of benzene rings is 1. The van der Waals surface area contributed by atoms with E-state index in [9.17, 15) is 13.6 Å². The molecule has 0 aliphatic heterocycles. The molecule has 5 heteroatoms. The van der Waals surface area contributed by atoms with E-state index in [1.54, 1.807) is 0 Å². The molecule has 0 radical (unpaired) electrons. The van der Waals surface area contributed by atoms with Crippen LogP contribution >= 0.6 is 0 Å². The Bertz CT molecular complexity index is 546. The summed E-state index contributed by atoms with van der Waals surface area (Å²) < 4.78 is 27.4. The number of nitrogens with zero attached hydrogens (tertiary/aromatic N) is 1. The summed E-state index contributed by atoms with van der Waals surface area (Å²) in [6, 6.07) is 3.39. The quantitative estimate of drug-likeness (QED) is 0.585. The molecule has 24 heavy (non-hydrogen) atoms. The standard InChI is InChI=1S/C19H29F2NO.Ti/c1-7-19(5,6)18(23)22(12-14(4)10-13(2)3)17-9-8-15(20)11-16(17)21;/h8-9,11,13-14H,7,10,12H2,1-6H3;. The molecule has 134 valence electrons. The smallest absolute Gasteiger partial charge is 0.232 e. The first-order chi connectivity index (χ1) is 10.6. The first-order valence-corrected chi connectivity index (χ1v) is 8.35. The minimum absolute atomic E-state index is 0. The Kier molecular flexibility index (Phi) is 9.37. The average molecular weight is 373 g/mol. The SMILES string of the molecule is CCC(C)(C)C(=O)N(CC(C)CC(C)C)c1ccc(F)cc1F.[Ti]. The third-order valence-electron chi connectivity index (χ3n) is 4.28. The van der Waals surface area contributed by atoms with Crippen LogP contribution in [-0.4, -0.2) is 12.5 Å². The average Bonchev–Trinajstić information content (AvgIpc) is 2.43. The maximum absolute atomic E-state index is 14.2. The maximum Gasteiger partial charge on any atom is 0.232 e. The van der Waals surface area contributed by atoms with Gasteiger partial charge in [0.25, 0.3) is 0 Å². The van der Waals surface area contributed by atoms with Crippen molar-refractivity contribution in [2.45, 2.75) is 54.4 Å². The second-order valence-electron chi connectivity index (χ2n) is 7.48. The number of hydrogen-bond acceptors (Lipinski definition) is 1. The molecule has 0 fully saturated rings. The molecule has 0 heterocycles. The number of anilines is 1. The van der Waals surface area contributed by atoms with Crippen molar-refractivity contribution >= 4 is 11.6 Å². The molecule has 1 aromatic carbocycles. The first-order valence-electron chi connectivity index (χ1n) is 8.35. The van der Waals surface area contributed by atoms with Crippen molar-refractivity contribution in [3.05, 3.63) is 29.8 Å². The van der Waals surface area contributed by atoms with E-state index in [-0.39, 0.29) is 39.2 Å². The summed E-state index contributed by atoms with van der Waals surface area (Å²) in [7, 11) is 0. The van der Waals surface area contributed by atoms with Crippen LogP contribution in [-0.2, 0) is 26.5 Å². The summed E-state index contributed by atoms with van der Waals surface area (Å²) in [6.45, 7) is 12.4. The van der Waals surface area contributed by atoms with Crippen LogP contribution in [0.15, 0.2) is 18.2 Å². The Morgan fingerprint density at radius 1 is 1.21 bits per heavy atom. The normalized spacial score (nSPS) is 12.7. The van der Waals surface area contributed by atoms with Gasteiger partial charge in [-0.15, -0.1) is 0 Å². The summed E-state index contributed by atoms with van der Waals surface area (Å²) in [5.74, 6) is -0.720. The number of halogens is 2. The van der Waals surface area contributed by atoms with E-state index in [0.29, 0.717) is 18.9 Å². The maximum atomic E-state index is 14.2. The molecule has 0 N–H and O–H groups in total. The molecule has 0 aromatic heterocycles. The molecule has 0 saturated heterocycles. The van der Waals surface area contributed by atoms with Crippen molar-refractivity contribution in [2.75, 3.05) is 11.4 Å². The third-order valence-corrected chi connectivity index (χ3v) is 4.28. The zero-order valence-electron chi connectivity index (χ0n) is 15.6. The van der Waals surface area contributed by atoms with Crippen molar-refractivity contribution < 1.29 is 35.3 Å². The largest absolute Gasteiger partial charge is 0.309 e. The molecular weight excluding hydrogens is 344 g/mol. The molecular formula is C19H29F2NOTi.